The van der Waals surface area contributed by atoms with E-state index in [4.69, 9.17) is 0 Å². The van der Waals surface area contributed by atoms with Gasteiger partial charge in [0.2, 0.25) is 15.9 Å². The first-order chi connectivity index (χ1) is 13.0. The molecule has 0 spiro atoms. The van der Waals surface area contributed by atoms with E-state index in [9.17, 15) is 26.4 Å². The first-order valence-electron chi connectivity index (χ1n) is 8.80. The Labute approximate surface area is 167 Å². The van der Waals surface area contributed by atoms with Gasteiger partial charge in [-0.25, -0.2) is 12.7 Å². The summed E-state index contributed by atoms with van der Waals surface area (Å²) in [7, 11) is -1.68. The van der Waals surface area contributed by atoms with Crippen molar-refractivity contribution in [2.75, 3.05) is 25.9 Å². The fourth-order valence-corrected chi connectivity index (χ4v) is 4.55. The van der Waals surface area contributed by atoms with E-state index in [0.717, 1.165) is 0 Å². The largest absolute Gasteiger partial charge is 0.446 e. The van der Waals surface area contributed by atoms with Gasteiger partial charge in [0.1, 0.15) is 0 Å². The molecule has 5 nitrogen and oxygen atoms in total. The number of halogens is 3. The second-order valence-corrected chi connectivity index (χ2v) is 9.88. The normalized spacial score (nSPS) is 16.9. The van der Waals surface area contributed by atoms with Crippen LogP contribution in [0.1, 0.15) is 25.3 Å². The summed E-state index contributed by atoms with van der Waals surface area (Å²) in [4.78, 5) is 14.0. The van der Waals surface area contributed by atoms with Crippen LogP contribution in [0.4, 0.5) is 13.2 Å². The zero-order chi connectivity index (χ0) is 20.9. The molecule has 1 aromatic carbocycles. The lowest BCUT2D eigenvalue weighted by atomic mass is 10.1. The summed E-state index contributed by atoms with van der Waals surface area (Å²) in [6.07, 6.45) is 4.08. The third-order valence-corrected chi connectivity index (χ3v) is 7.27. The Hall–Kier alpha value is -1.52. The van der Waals surface area contributed by atoms with E-state index in [1.807, 2.05) is 0 Å². The van der Waals surface area contributed by atoms with Gasteiger partial charge in [-0.05, 0) is 55.3 Å². The Bertz CT molecular complexity index is 800. The standard InChI is InChI=1S/C18H23F3N2O3S2/c1-3-28(25,26)22(2)15-10-12-23(13-11-15)17(24)9-6-14-4-7-16(8-5-14)27-18(19,20)21/h4-9,15H,3,10-13H2,1-2H3. The van der Waals surface area contributed by atoms with Crippen LogP contribution in [0.25, 0.3) is 6.08 Å². The number of sulfonamides is 1. The van der Waals surface area contributed by atoms with Crippen LogP contribution in [0.15, 0.2) is 35.2 Å². The molecule has 0 radical (unpaired) electrons. The molecule has 2 rings (SSSR count). The molecule has 28 heavy (non-hydrogen) atoms. The summed E-state index contributed by atoms with van der Waals surface area (Å²) < 4.78 is 62.3. The number of hydrogen-bond acceptors (Lipinski definition) is 4. The monoisotopic (exact) mass is 436 g/mol. The van der Waals surface area contributed by atoms with Crippen molar-refractivity contribution in [3.63, 3.8) is 0 Å². The van der Waals surface area contributed by atoms with Crippen LogP contribution in [0.2, 0.25) is 0 Å². The number of nitrogens with zero attached hydrogens (tertiary/aromatic N) is 2. The summed E-state index contributed by atoms with van der Waals surface area (Å²) >= 11 is -0.184. The van der Waals surface area contributed by atoms with Crippen LogP contribution in [0.3, 0.4) is 0 Å². The second-order valence-electron chi connectivity index (χ2n) is 6.42. The van der Waals surface area contributed by atoms with Gasteiger partial charge >= 0.3 is 5.51 Å². The van der Waals surface area contributed by atoms with Crippen molar-refractivity contribution in [3.8, 4) is 0 Å². The number of carbonyl (C=O) groups is 1. The molecule has 0 saturated carbocycles. The highest BCUT2D eigenvalue weighted by Gasteiger charge is 2.30. The zero-order valence-corrected chi connectivity index (χ0v) is 17.3. The smallest absolute Gasteiger partial charge is 0.339 e. The molecular weight excluding hydrogens is 413 g/mol. The molecule has 1 aromatic rings. The molecule has 0 unspecified atom stereocenters. The van der Waals surface area contributed by atoms with Crippen molar-refractivity contribution in [2.24, 2.45) is 0 Å². The molecule has 1 fully saturated rings. The SMILES string of the molecule is CCS(=O)(=O)N(C)C1CCN(C(=O)C=Cc2ccc(SC(F)(F)F)cc2)CC1. The number of hydrogen-bond donors (Lipinski definition) is 0. The molecule has 1 heterocycles. The second kappa shape index (κ2) is 9.32. The van der Waals surface area contributed by atoms with Gasteiger partial charge in [-0.2, -0.15) is 13.2 Å². The Morgan fingerprint density at radius 2 is 1.82 bits per heavy atom. The molecule has 0 N–H and O–H groups in total. The Morgan fingerprint density at radius 3 is 2.32 bits per heavy atom. The maximum Gasteiger partial charge on any atom is 0.446 e. The molecule has 10 heteroatoms. The Balaban J connectivity index is 1.89. The molecule has 0 aliphatic carbocycles. The van der Waals surface area contributed by atoms with Crippen LogP contribution in [-0.4, -0.2) is 61.0 Å². The van der Waals surface area contributed by atoms with Gasteiger partial charge < -0.3 is 4.90 Å². The van der Waals surface area contributed by atoms with Gasteiger partial charge in [0, 0.05) is 37.2 Å². The molecule has 0 atom stereocenters. The van der Waals surface area contributed by atoms with Crippen LogP contribution in [0, 0.1) is 0 Å². The number of amides is 1. The first kappa shape index (κ1) is 22.8. The van der Waals surface area contributed by atoms with Crippen molar-refractivity contribution < 1.29 is 26.4 Å². The van der Waals surface area contributed by atoms with Gasteiger partial charge in [0.15, 0.2) is 0 Å². The van der Waals surface area contributed by atoms with Crippen LogP contribution < -0.4 is 0 Å². The molecular formula is C18H23F3N2O3S2. The van der Waals surface area contributed by atoms with E-state index in [2.05, 4.69) is 0 Å². The van der Waals surface area contributed by atoms with Crippen molar-refractivity contribution in [1.29, 1.82) is 0 Å². The fraction of sp³-hybridized carbons (Fsp3) is 0.500. The summed E-state index contributed by atoms with van der Waals surface area (Å²) in [5.41, 5.74) is -3.70. The van der Waals surface area contributed by atoms with E-state index in [1.54, 1.807) is 24.9 Å². The number of piperidine rings is 1. The summed E-state index contributed by atoms with van der Waals surface area (Å²) in [6, 6.07) is 5.65. The molecule has 0 aromatic heterocycles. The number of benzene rings is 1. The maximum absolute atomic E-state index is 12.3. The van der Waals surface area contributed by atoms with E-state index >= 15 is 0 Å². The number of rotatable bonds is 6. The number of alkyl halides is 3. The average Bonchev–Trinajstić information content (AvgIpc) is 2.65. The first-order valence-corrected chi connectivity index (χ1v) is 11.2. The Kier molecular flexibility index (Phi) is 7.58. The van der Waals surface area contributed by atoms with Crippen molar-refractivity contribution in [3.05, 3.63) is 35.9 Å². The molecule has 1 saturated heterocycles. The highest BCUT2D eigenvalue weighted by molar-refractivity contribution is 8.00. The zero-order valence-electron chi connectivity index (χ0n) is 15.6. The van der Waals surface area contributed by atoms with Gasteiger partial charge in [-0.3, -0.25) is 4.79 Å². The van der Waals surface area contributed by atoms with Gasteiger partial charge in [-0.15, -0.1) is 0 Å². The summed E-state index contributed by atoms with van der Waals surface area (Å²) in [5.74, 6) is -0.153. The van der Waals surface area contributed by atoms with Crippen molar-refractivity contribution >= 4 is 33.8 Å². The lowest BCUT2D eigenvalue weighted by Gasteiger charge is -2.35. The number of carbonyl (C=O) groups excluding carboxylic acids is 1. The predicted molar refractivity (Wildman–Crippen MR) is 104 cm³/mol. The highest BCUT2D eigenvalue weighted by Crippen LogP contribution is 2.36. The van der Waals surface area contributed by atoms with Crippen LogP contribution in [-0.2, 0) is 14.8 Å². The maximum atomic E-state index is 12.3. The van der Waals surface area contributed by atoms with Gasteiger partial charge in [0.05, 0.1) is 5.75 Å². The molecule has 156 valence electrons. The molecule has 1 aliphatic rings. The molecule has 1 amide bonds. The van der Waals surface area contributed by atoms with E-state index < -0.39 is 15.5 Å². The lowest BCUT2D eigenvalue weighted by Crippen LogP contribution is -2.47. The van der Waals surface area contributed by atoms with Crippen molar-refractivity contribution in [1.82, 2.24) is 9.21 Å². The van der Waals surface area contributed by atoms with Gasteiger partial charge in [0.25, 0.3) is 0 Å². The Morgan fingerprint density at radius 1 is 1.25 bits per heavy atom. The minimum atomic E-state index is -4.33. The minimum absolute atomic E-state index is 0.0473. The van der Waals surface area contributed by atoms with Gasteiger partial charge in [-0.1, -0.05) is 12.1 Å². The quantitative estimate of drug-likeness (QED) is 0.505. The average molecular weight is 437 g/mol. The third-order valence-electron chi connectivity index (χ3n) is 4.63. The lowest BCUT2D eigenvalue weighted by molar-refractivity contribution is -0.127. The fourth-order valence-electron chi connectivity index (χ4n) is 2.93. The minimum Gasteiger partial charge on any atom is -0.339 e. The van der Waals surface area contributed by atoms with Crippen LogP contribution in [0.5, 0.6) is 0 Å². The third kappa shape index (κ3) is 6.52. The summed E-state index contributed by atoms with van der Waals surface area (Å²) in [5, 5.41) is 0. The van der Waals surface area contributed by atoms with E-state index in [-0.39, 0.29) is 34.4 Å². The summed E-state index contributed by atoms with van der Waals surface area (Å²) in [6.45, 7) is 2.51. The number of likely N-dealkylation sites (tertiary alicyclic amines) is 1. The molecule has 0 bridgehead atoms. The highest BCUT2D eigenvalue weighted by atomic mass is 32.2. The van der Waals surface area contributed by atoms with E-state index in [0.29, 0.717) is 31.5 Å². The number of thioether (sulfide) groups is 1. The van der Waals surface area contributed by atoms with E-state index in [1.165, 1.54) is 34.6 Å². The van der Waals surface area contributed by atoms with Crippen LogP contribution >= 0.6 is 11.8 Å². The van der Waals surface area contributed by atoms with Crippen molar-refractivity contribution in [2.45, 2.75) is 36.2 Å². The predicted octanol–water partition coefficient (Wildman–Crippen LogP) is 3.58. The molecule has 1 aliphatic heterocycles. The topological polar surface area (TPSA) is 57.7 Å².